The minimum atomic E-state index is -0.573. The van der Waals surface area contributed by atoms with Crippen LogP contribution in [0.1, 0.15) is 30.9 Å². The molecule has 2 unspecified atom stereocenters. The third kappa shape index (κ3) is 5.04. The Balaban J connectivity index is 1.76. The van der Waals surface area contributed by atoms with Gasteiger partial charge in [-0.3, -0.25) is 9.79 Å². The molecular formula is C28H30N4O5. The number of aliphatic hydroxyl groups is 2. The number of H-pyrrole nitrogens is 1. The van der Waals surface area contributed by atoms with Crippen molar-refractivity contribution in [3.8, 4) is 11.8 Å². The maximum Gasteiger partial charge on any atom is 0.260 e. The highest BCUT2D eigenvalue weighted by molar-refractivity contribution is 6.44. The molecule has 37 heavy (non-hydrogen) atoms. The fourth-order valence-corrected chi connectivity index (χ4v) is 4.63. The number of unbranched alkanes of at least 4 members (excludes halogenated alkanes) is 1. The van der Waals surface area contributed by atoms with Crippen molar-refractivity contribution in [3.63, 3.8) is 0 Å². The second-order valence-electron chi connectivity index (χ2n) is 8.97. The number of rotatable bonds is 10. The Labute approximate surface area is 214 Å². The predicted molar refractivity (Wildman–Crippen MR) is 140 cm³/mol. The van der Waals surface area contributed by atoms with Crippen LogP contribution in [0.4, 0.5) is 0 Å². The van der Waals surface area contributed by atoms with Gasteiger partial charge in [0.05, 0.1) is 54.0 Å². The summed E-state index contributed by atoms with van der Waals surface area (Å²) in [5.41, 5.74) is 3.01. The lowest BCUT2D eigenvalue weighted by Gasteiger charge is -2.18. The van der Waals surface area contributed by atoms with Crippen LogP contribution in [0, 0.1) is 17.2 Å². The maximum atomic E-state index is 12.7. The van der Waals surface area contributed by atoms with E-state index in [2.05, 4.69) is 29.2 Å². The SMILES string of the molecule is C=Cc1ccc(CN=C2C(C3O[C@H](CO)C(=C)C3C)=c3nc[nH]c(=O)c3=C2C#N)cc1OCCCCO. The number of fused-ring (bicyclic) bond motifs is 1. The summed E-state index contributed by atoms with van der Waals surface area (Å²) in [5, 5.41) is 29.3. The van der Waals surface area contributed by atoms with Gasteiger partial charge < -0.3 is 24.7 Å². The van der Waals surface area contributed by atoms with Crippen LogP contribution in [0.2, 0.25) is 0 Å². The van der Waals surface area contributed by atoms with E-state index in [1.165, 1.54) is 6.33 Å². The van der Waals surface area contributed by atoms with E-state index >= 15 is 0 Å². The number of ether oxygens (including phenoxy) is 2. The van der Waals surface area contributed by atoms with Crippen LogP contribution in [-0.4, -0.2) is 57.9 Å². The van der Waals surface area contributed by atoms with Gasteiger partial charge in [0.25, 0.3) is 5.56 Å². The van der Waals surface area contributed by atoms with E-state index < -0.39 is 17.8 Å². The minimum absolute atomic E-state index is 0.113. The number of hydrogen-bond donors (Lipinski definition) is 3. The van der Waals surface area contributed by atoms with Crippen LogP contribution in [0.15, 0.2) is 53.0 Å². The highest BCUT2D eigenvalue weighted by Crippen LogP contribution is 2.36. The van der Waals surface area contributed by atoms with Crippen molar-refractivity contribution in [1.82, 2.24) is 9.97 Å². The molecule has 2 aliphatic rings. The zero-order chi connectivity index (χ0) is 26.5. The first-order valence-corrected chi connectivity index (χ1v) is 12.2. The fourth-order valence-electron chi connectivity index (χ4n) is 4.63. The average Bonchev–Trinajstić information content (AvgIpc) is 3.38. The van der Waals surface area contributed by atoms with Crippen LogP contribution in [0.3, 0.4) is 0 Å². The summed E-state index contributed by atoms with van der Waals surface area (Å²) in [5.74, 6) is 0.470. The van der Waals surface area contributed by atoms with E-state index in [9.17, 15) is 15.2 Å². The molecule has 1 aliphatic heterocycles. The molecule has 1 aromatic carbocycles. The summed E-state index contributed by atoms with van der Waals surface area (Å²) >= 11 is 0. The lowest BCUT2D eigenvalue weighted by atomic mass is 9.90. The van der Waals surface area contributed by atoms with Crippen molar-refractivity contribution in [2.24, 2.45) is 10.9 Å². The molecule has 0 amide bonds. The van der Waals surface area contributed by atoms with Crippen molar-refractivity contribution < 1.29 is 19.7 Å². The first-order chi connectivity index (χ1) is 17.9. The molecule has 1 aromatic heterocycles. The second-order valence-corrected chi connectivity index (χ2v) is 8.97. The summed E-state index contributed by atoms with van der Waals surface area (Å²) in [6.07, 6.45) is 3.25. The monoisotopic (exact) mass is 502 g/mol. The third-order valence-corrected chi connectivity index (χ3v) is 6.70. The highest BCUT2D eigenvalue weighted by Gasteiger charge is 2.42. The zero-order valence-electron chi connectivity index (χ0n) is 20.7. The third-order valence-electron chi connectivity index (χ3n) is 6.70. The molecule has 0 saturated carbocycles. The molecule has 2 heterocycles. The number of nitrogens with zero attached hydrogens (tertiary/aromatic N) is 3. The summed E-state index contributed by atoms with van der Waals surface area (Å²) < 4.78 is 12.0. The molecule has 9 heteroatoms. The highest BCUT2D eigenvalue weighted by atomic mass is 16.5. The quantitative estimate of drug-likeness (QED) is 0.325. The van der Waals surface area contributed by atoms with Crippen LogP contribution in [0.5, 0.6) is 5.75 Å². The van der Waals surface area contributed by atoms with Crippen molar-refractivity contribution in [1.29, 1.82) is 5.26 Å². The van der Waals surface area contributed by atoms with Crippen molar-refractivity contribution >= 4 is 22.9 Å². The van der Waals surface area contributed by atoms with Gasteiger partial charge in [-0.05, 0) is 30.0 Å². The van der Waals surface area contributed by atoms with Crippen molar-refractivity contribution in [2.75, 3.05) is 19.8 Å². The largest absolute Gasteiger partial charge is 0.493 e. The van der Waals surface area contributed by atoms with Crippen molar-refractivity contribution in [3.05, 3.63) is 75.3 Å². The number of aliphatic hydroxyl groups excluding tert-OH is 2. The normalized spacial score (nSPS) is 21.8. The van der Waals surface area contributed by atoms with E-state index in [4.69, 9.17) is 19.6 Å². The second kappa shape index (κ2) is 11.5. The maximum absolute atomic E-state index is 12.7. The molecule has 4 rings (SSSR count). The van der Waals surface area contributed by atoms with E-state index in [0.717, 1.165) is 23.1 Å². The smallest absolute Gasteiger partial charge is 0.260 e. The molecule has 1 fully saturated rings. The summed E-state index contributed by atoms with van der Waals surface area (Å²) in [7, 11) is 0. The van der Waals surface area contributed by atoms with Gasteiger partial charge in [0.1, 0.15) is 17.9 Å². The van der Waals surface area contributed by atoms with E-state index in [1.54, 1.807) is 6.08 Å². The van der Waals surface area contributed by atoms with Crippen LogP contribution in [0.25, 0.3) is 17.2 Å². The lowest BCUT2D eigenvalue weighted by Crippen LogP contribution is -2.43. The van der Waals surface area contributed by atoms with Gasteiger partial charge in [-0.15, -0.1) is 0 Å². The predicted octanol–water partition coefficient (Wildman–Crippen LogP) is 0.996. The Morgan fingerprint density at radius 2 is 2.16 bits per heavy atom. The first-order valence-electron chi connectivity index (χ1n) is 12.2. The Morgan fingerprint density at radius 1 is 1.35 bits per heavy atom. The molecule has 3 atom stereocenters. The number of aromatic nitrogens is 2. The fraction of sp³-hybridized carbons (Fsp3) is 0.357. The standard InChI is InChI=1S/C28H30N4O5/c1-4-19-8-7-18(11-21(19)36-10-6-5-9-33)13-30-25-20(12-29)23-26(31-15-32-28(23)35)24(25)27-17(3)16(2)22(14-34)37-27/h4,7-8,11,15,17,22,27,33-34H,1-2,5-6,9-10,13-14H2,3H3,(H,31,32,35)/t17?,22-,27?/m1/s1. The van der Waals surface area contributed by atoms with E-state index in [0.29, 0.717) is 35.4 Å². The Bertz CT molecular complexity index is 1470. The van der Waals surface area contributed by atoms with Gasteiger partial charge in [-0.2, -0.15) is 5.26 Å². The van der Waals surface area contributed by atoms with Crippen LogP contribution >= 0.6 is 0 Å². The Kier molecular flexibility index (Phi) is 8.14. The number of aliphatic imine (C=N–C) groups is 1. The topological polar surface area (TPSA) is 141 Å². The summed E-state index contributed by atoms with van der Waals surface area (Å²) in [6, 6.07) is 7.80. The van der Waals surface area contributed by atoms with Gasteiger partial charge in [-0.25, -0.2) is 4.98 Å². The molecule has 192 valence electrons. The number of nitrogens with one attached hydrogen (secondary N) is 1. The molecule has 9 nitrogen and oxygen atoms in total. The molecule has 0 radical (unpaired) electrons. The van der Waals surface area contributed by atoms with Gasteiger partial charge >= 0.3 is 0 Å². The van der Waals surface area contributed by atoms with Gasteiger partial charge in [0, 0.05) is 23.7 Å². The number of hydrogen-bond acceptors (Lipinski definition) is 8. The first kappa shape index (κ1) is 26.2. The Morgan fingerprint density at radius 3 is 2.84 bits per heavy atom. The van der Waals surface area contributed by atoms with Crippen molar-refractivity contribution in [2.45, 2.75) is 38.5 Å². The minimum Gasteiger partial charge on any atom is -0.493 e. The van der Waals surface area contributed by atoms with Gasteiger partial charge in [0.15, 0.2) is 0 Å². The molecule has 0 bridgehead atoms. The van der Waals surface area contributed by atoms with Crippen LogP contribution < -0.4 is 20.9 Å². The molecule has 1 saturated heterocycles. The average molecular weight is 503 g/mol. The van der Waals surface area contributed by atoms with E-state index in [-0.39, 0.29) is 36.5 Å². The van der Waals surface area contributed by atoms with E-state index in [1.807, 2.05) is 25.1 Å². The zero-order valence-corrected chi connectivity index (χ0v) is 20.7. The molecule has 3 N–H and O–H groups in total. The number of benzene rings is 1. The summed E-state index contributed by atoms with van der Waals surface area (Å²) in [6.45, 7) is 10.4. The van der Waals surface area contributed by atoms with Gasteiger partial charge in [-0.1, -0.05) is 38.3 Å². The molecular weight excluding hydrogens is 472 g/mol. The Hall–Kier alpha value is -3.84. The van der Waals surface area contributed by atoms with Crippen LogP contribution in [-0.2, 0) is 11.3 Å². The lowest BCUT2D eigenvalue weighted by molar-refractivity contribution is 0.0401. The summed E-state index contributed by atoms with van der Waals surface area (Å²) in [4.78, 5) is 24.4. The molecule has 1 aliphatic carbocycles. The van der Waals surface area contributed by atoms with Gasteiger partial charge in [0.2, 0.25) is 0 Å². The molecule has 0 spiro atoms. The number of aromatic amines is 1. The molecule has 2 aromatic rings. The number of nitriles is 1.